The maximum Gasteiger partial charge on any atom is 0.210 e. The fraction of sp³-hybridized carbons (Fsp3) is 0.750. The number of amides is 1. The Morgan fingerprint density at radius 3 is 2.73 bits per heavy atom. The monoisotopic (exact) mass is 155 g/mol. The molecule has 3 nitrogen and oxygen atoms in total. The third kappa shape index (κ3) is 1.79. The highest BCUT2D eigenvalue weighted by Crippen LogP contribution is 2.15. The van der Waals surface area contributed by atoms with E-state index < -0.39 is 0 Å². The Bertz CT molecular complexity index is 167. The molecule has 1 aliphatic rings. The number of rotatable bonds is 2. The summed E-state index contributed by atoms with van der Waals surface area (Å²) in [6.07, 6.45) is 3.72. The average Bonchev–Trinajstić information content (AvgIpc) is 2.04. The standard InChI is InChI=1S/C8H13NO2/c1-7(11)8-4-2-3-5-9(8)6-10/h6,8H,2-5H2,1H3. The summed E-state index contributed by atoms with van der Waals surface area (Å²) in [5.41, 5.74) is 0. The van der Waals surface area contributed by atoms with Gasteiger partial charge >= 0.3 is 0 Å². The van der Waals surface area contributed by atoms with Crippen molar-refractivity contribution in [1.82, 2.24) is 4.90 Å². The predicted octanol–water partition coefficient (Wildman–Crippen LogP) is 0.586. The zero-order chi connectivity index (χ0) is 8.27. The summed E-state index contributed by atoms with van der Waals surface area (Å²) in [5.74, 6) is 0.108. The van der Waals surface area contributed by atoms with E-state index in [0.717, 1.165) is 32.2 Å². The van der Waals surface area contributed by atoms with Crippen molar-refractivity contribution in [3.63, 3.8) is 0 Å². The molecule has 0 aromatic heterocycles. The molecule has 0 radical (unpaired) electrons. The van der Waals surface area contributed by atoms with Crippen molar-refractivity contribution in [2.24, 2.45) is 0 Å². The van der Waals surface area contributed by atoms with Gasteiger partial charge in [0.1, 0.15) is 0 Å². The molecule has 1 fully saturated rings. The van der Waals surface area contributed by atoms with Gasteiger partial charge < -0.3 is 4.90 Å². The molecule has 0 spiro atoms. The van der Waals surface area contributed by atoms with Crippen LogP contribution in [0.4, 0.5) is 0 Å². The van der Waals surface area contributed by atoms with Gasteiger partial charge in [-0.15, -0.1) is 0 Å². The molecular formula is C8H13NO2. The minimum atomic E-state index is -0.138. The van der Waals surface area contributed by atoms with Gasteiger partial charge in [-0.2, -0.15) is 0 Å². The normalized spacial score (nSPS) is 24.8. The van der Waals surface area contributed by atoms with Gasteiger partial charge in [0.05, 0.1) is 6.04 Å². The van der Waals surface area contributed by atoms with Crippen LogP contribution in [0.2, 0.25) is 0 Å². The van der Waals surface area contributed by atoms with Gasteiger partial charge in [-0.1, -0.05) is 0 Å². The number of Topliss-reactive ketones (excluding diaryl/α,β-unsaturated/α-hetero) is 1. The molecule has 0 saturated carbocycles. The highest BCUT2D eigenvalue weighted by atomic mass is 16.1. The predicted molar refractivity (Wildman–Crippen MR) is 41.1 cm³/mol. The molecule has 62 valence electrons. The van der Waals surface area contributed by atoms with Gasteiger partial charge in [0.25, 0.3) is 0 Å². The van der Waals surface area contributed by atoms with Crippen molar-refractivity contribution in [3.8, 4) is 0 Å². The SMILES string of the molecule is CC(=O)C1CCCCN1C=O. The Hall–Kier alpha value is -0.860. The Morgan fingerprint density at radius 2 is 2.27 bits per heavy atom. The largest absolute Gasteiger partial charge is 0.335 e. The fourth-order valence-electron chi connectivity index (χ4n) is 1.52. The topological polar surface area (TPSA) is 37.4 Å². The lowest BCUT2D eigenvalue weighted by atomic mass is 10.0. The van der Waals surface area contributed by atoms with Gasteiger partial charge in [-0.25, -0.2) is 0 Å². The van der Waals surface area contributed by atoms with Crippen molar-refractivity contribution in [3.05, 3.63) is 0 Å². The van der Waals surface area contributed by atoms with Crippen LogP contribution in [0.25, 0.3) is 0 Å². The summed E-state index contributed by atoms with van der Waals surface area (Å²) in [6, 6.07) is -0.138. The summed E-state index contributed by atoms with van der Waals surface area (Å²) >= 11 is 0. The molecule has 1 unspecified atom stereocenters. The van der Waals surface area contributed by atoms with Crippen LogP contribution in [-0.2, 0) is 9.59 Å². The van der Waals surface area contributed by atoms with Gasteiger partial charge in [-0.05, 0) is 26.2 Å². The second kappa shape index (κ2) is 3.51. The van der Waals surface area contributed by atoms with Crippen molar-refractivity contribution in [2.75, 3.05) is 6.54 Å². The van der Waals surface area contributed by atoms with E-state index in [1.54, 1.807) is 11.8 Å². The first kappa shape index (κ1) is 8.24. The Labute approximate surface area is 66.4 Å². The molecule has 1 heterocycles. The van der Waals surface area contributed by atoms with Crippen LogP contribution < -0.4 is 0 Å². The van der Waals surface area contributed by atoms with Crippen LogP contribution in [0, 0.1) is 0 Å². The molecule has 0 aromatic rings. The van der Waals surface area contributed by atoms with Gasteiger partial charge in [0, 0.05) is 6.54 Å². The van der Waals surface area contributed by atoms with Gasteiger partial charge in [0.2, 0.25) is 6.41 Å². The van der Waals surface area contributed by atoms with Gasteiger partial charge in [-0.3, -0.25) is 9.59 Å². The quantitative estimate of drug-likeness (QED) is 0.547. The van der Waals surface area contributed by atoms with Crippen molar-refractivity contribution >= 4 is 12.2 Å². The third-order valence-corrected chi connectivity index (χ3v) is 2.15. The minimum Gasteiger partial charge on any atom is -0.335 e. The molecule has 11 heavy (non-hydrogen) atoms. The highest BCUT2D eigenvalue weighted by molar-refractivity contribution is 5.83. The summed E-state index contributed by atoms with van der Waals surface area (Å²) in [4.78, 5) is 23.0. The van der Waals surface area contributed by atoms with Crippen LogP contribution >= 0.6 is 0 Å². The molecule has 1 aliphatic heterocycles. The molecule has 1 rings (SSSR count). The van der Waals surface area contributed by atoms with Crippen LogP contribution in [0.15, 0.2) is 0 Å². The molecule has 0 N–H and O–H groups in total. The fourth-order valence-corrected chi connectivity index (χ4v) is 1.52. The Morgan fingerprint density at radius 1 is 1.55 bits per heavy atom. The zero-order valence-corrected chi connectivity index (χ0v) is 6.75. The van der Waals surface area contributed by atoms with Crippen molar-refractivity contribution in [1.29, 1.82) is 0 Å². The number of carbonyl (C=O) groups excluding carboxylic acids is 2. The Balaban J connectivity index is 2.58. The average molecular weight is 155 g/mol. The lowest BCUT2D eigenvalue weighted by molar-refractivity contribution is -0.131. The highest BCUT2D eigenvalue weighted by Gasteiger charge is 2.23. The molecule has 1 amide bonds. The van der Waals surface area contributed by atoms with E-state index in [4.69, 9.17) is 0 Å². The summed E-state index contributed by atoms with van der Waals surface area (Å²) in [6.45, 7) is 2.29. The van der Waals surface area contributed by atoms with Crippen LogP contribution in [-0.4, -0.2) is 29.7 Å². The van der Waals surface area contributed by atoms with Crippen molar-refractivity contribution in [2.45, 2.75) is 32.2 Å². The van der Waals surface area contributed by atoms with E-state index in [1.165, 1.54) is 0 Å². The Kier molecular flexibility index (Phi) is 2.63. The second-order valence-corrected chi connectivity index (χ2v) is 2.97. The second-order valence-electron chi connectivity index (χ2n) is 2.97. The molecule has 3 heteroatoms. The summed E-state index contributed by atoms with van der Waals surface area (Å²) in [5, 5.41) is 0. The first-order valence-electron chi connectivity index (χ1n) is 3.97. The van der Waals surface area contributed by atoms with E-state index >= 15 is 0 Å². The van der Waals surface area contributed by atoms with E-state index in [-0.39, 0.29) is 11.8 Å². The summed E-state index contributed by atoms with van der Waals surface area (Å²) < 4.78 is 0. The number of nitrogens with zero attached hydrogens (tertiary/aromatic N) is 1. The van der Waals surface area contributed by atoms with E-state index in [0.29, 0.717) is 0 Å². The smallest absolute Gasteiger partial charge is 0.210 e. The zero-order valence-electron chi connectivity index (χ0n) is 6.75. The number of likely N-dealkylation sites (tertiary alicyclic amines) is 1. The number of piperidine rings is 1. The molecule has 1 atom stereocenters. The minimum absolute atomic E-state index is 0.108. The molecule has 0 aliphatic carbocycles. The number of hydrogen-bond acceptors (Lipinski definition) is 2. The molecule has 1 saturated heterocycles. The third-order valence-electron chi connectivity index (χ3n) is 2.15. The lowest BCUT2D eigenvalue weighted by Gasteiger charge is -2.30. The molecule has 0 bridgehead atoms. The number of ketones is 1. The maximum absolute atomic E-state index is 11.0. The first-order valence-corrected chi connectivity index (χ1v) is 3.97. The first-order chi connectivity index (χ1) is 5.25. The van der Waals surface area contributed by atoms with Crippen LogP contribution in [0.3, 0.4) is 0 Å². The molecule has 0 aromatic carbocycles. The van der Waals surface area contributed by atoms with Gasteiger partial charge in [0.15, 0.2) is 5.78 Å². The molecular weight excluding hydrogens is 142 g/mol. The van der Waals surface area contributed by atoms with E-state index in [9.17, 15) is 9.59 Å². The maximum atomic E-state index is 11.0. The number of carbonyl (C=O) groups is 2. The number of hydrogen-bond donors (Lipinski definition) is 0. The van der Waals surface area contributed by atoms with Crippen LogP contribution in [0.1, 0.15) is 26.2 Å². The van der Waals surface area contributed by atoms with Crippen LogP contribution in [0.5, 0.6) is 0 Å². The van der Waals surface area contributed by atoms with E-state index in [1.807, 2.05) is 0 Å². The van der Waals surface area contributed by atoms with E-state index in [2.05, 4.69) is 0 Å². The lowest BCUT2D eigenvalue weighted by Crippen LogP contribution is -2.42. The van der Waals surface area contributed by atoms with Crippen molar-refractivity contribution < 1.29 is 9.59 Å². The summed E-state index contributed by atoms with van der Waals surface area (Å²) in [7, 11) is 0.